The van der Waals surface area contributed by atoms with Crippen LogP contribution in [0.2, 0.25) is 0 Å². The molecule has 3 rings (SSSR count). The summed E-state index contributed by atoms with van der Waals surface area (Å²) in [7, 11) is 1.62. The lowest BCUT2D eigenvalue weighted by atomic mass is 10.2. The molecule has 1 aliphatic rings. The van der Waals surface area contributed by atoms with Gasteiger partial charge in [0.05, 0.1) is 13.0 Å². The number of carbonyl (C=O) groups excluding carboxylic acids is 1. The quantitative estimate of drug-likeness (QED) is 0.788. The van der Waals surface area contributed by atoms with Gasteiger partial charge in [0.2, 0.25) is 5.13 Å². The molecule has 0 spiro atoms. The fourth-order valence-electron chi connectivity index (χ4n) is 2.63. The minimum atomic E-state index is -0.943. The average Bonchev–Trinajstić information content (AvgIpc) is 3.20. The first-order valence-electron chi connectivity index (χ1n) is 8.28. The van der Waals surface area contributed by atoms with E-state index in [0.717, 1.165) is 6.42 Å². The Morgan fingerprint density at radius 2 is 2.15 bits per heavy atom. The van der Waals surface area contributed by atoms with E-state index in [2.05, 4.69) is 23.0 Å². The second kappa shape index (κ2) is 7.72. The zero-order valence-electron chi connectivity index (χ0n) is 14.6. The lowest BCUT2D eigenvalue weighted by Crippen LogP contribution is -2.34. The number of urea groups is 1. The second-order valence-electron chi connectivity index (χ2n) is 5.95. The third-order valence-corrected chi connectivity index (χ3v) is 5.11. The molecule has 2 atom stereocenters. The normalized spacial score (nSPS) is 18.1. The monoisotopic (exact) mass is 372 g/mol. The van der Waals surface area contributed by atoms with Crippen LogP contribution in [-0.2, 0) is 6.42 Å². The van der Waals surface area contributed by atoms with Gasteiger partial charge in [0.15, 0.2) is 17.3 Å². The molecule has 0 radical (unpaired) electrons. The van der Waals surface area contributed by atoms with E-state index in [-0.39, 0.29) is 12.6 Å². The molecule has 2 aromatic rings. The van der Waals surface area contributed by atoms with E-state index < -0.39 is 12.3 Å². The Morgan fingerprint density at radius 1 is 1.42 bits per heavy atom. The summed E-state index contributed by atoms with van der Waals surface area (Å²) in [4.78, 5) is 14.8. The number of likely N-dealkylation sites (N-methyl/N-ethyl adjacent to an activating group) is 1. The number of anilines is 1. The molecule has 26 heavy (non-hydrogen) atoms. The molecule has 2 amide bonds. The van der Waals surface area contributed by atoms with Crippen molar-refractivity contribution in [3.05, 3.63) is 34.8 Å². The number of hydrogen-bond acceptors (Lipinski definition) is 6. The first-order valence-corrected chi connectivity index (χ1v) is 9.10. The van der Waals surface area contributed by atoms with Gasteiger partial charge in [-0.05, 0) is 24.1 Å². The topological polar surface area (TPSA) is 78.8 Å². The molecule has 2 heterocycles. The summed E-state index contributed by atoms with van der Waals surface area (Å²) >= 11 is 1.19. The highest BCUT2D eigenvalue weighted by molar-refractivity contribution is 7.15. The van der Waals surface area contributed by atoms with E-state index in [1.807, 2.05) is 24.3 Å². The summed E-state index contributed by atoms with van der Waals surface area (Å²) in [6.07, 6.45) is 5.34. The first kappa shape index (κ1) is 18.2. The molecule has 1 aliphatic heterocycles. The van der Waals surface area contributed by atoms with Gasteiger partial charge in [-0.3, -0.25) is 0 Å². The lowest BCUT2D eigenvalue weighted by molar-refractivity contribution is 0.183. The number of β-amino-alcohol motifs (C(OH)–C–C–N with tert-alkyl or cyclic N) is 1. The number of hydrogen-bond donors (Lipinski definition) is 1. The molecule has 8 heteroatoms. The zero-order valence-corrected chi connectivity index (χ0v) is 15.4. The smallest absolute Gasteiger partial charge is 0.328 e. The maximum Gasteiger partial charge on any atom is 0.328 e. The van der Waals surface area contributed by atoms with Gasteiger partial charge < -0.3 is 14.7 Å². The van der Waals surface area contributed by atoms with Crippen LogP contribution in [0.1, 0.15) is 30.0 Å². The lowest BCUT2D eigenvalue weighted by Gasteiger charge is -2.15. The fourth-order valence-corrected chi connectivity index (χ4v) is 3.55. The van der Waals surface area contributed by atoms with Crippen LogP contribution in [0.25, 0.3) is 0 Å². The van der Waals surface area contributed by atoms with Gasteiger partial charge in [0.25, 0.3) is 0 Å². The number of aromatic nitrogens is 2. The van der Waals surface area contributed by atoms with Crippen LogP contribution in [-0.4, -0.2) is 46.1 Å². The zero-order chi connectivity index (χ0) is 18.7. The number of aliphatic hydroxyl groups excluding tert-OH is 1. The number of amides is 2. The summed E-state index contributed by atoms with van der Waals surface area (Å²) in [5.74, 6) is 3.28. The van der Waals surface area contributed by atoms with Gasteiger partial charge in [0, 0.05) is 7.05 Å². The van der Waals surface area contributed by atoms with Crippen LogP contribution in [0.4, 0.5) is 9.93 Å². The van der Waals surface area contributed by atoms with Crippen LogP contribution in [0.3, 0.4) is 0 Å². The largest absolute Gasteiger partial charge is 0.482 e. The van der Waals surface area contributed by atoms with E-state index in [9.17, 15) is 9.90 Å². The maximum atomic E-state index is 12.1. The van der Waals surface area contributed by atoms with Gasteiger partial charge in [0.1, 0.15) is 5.75 Å². The molecule has 136 valence electrons. The van der Waals surface area contributed by atoms with Crippen molar-refractivity contribution in [2.24, 2.45) is 0 Å². The van der Waals surface area contributed by atoms with Crippen molar-refractivity contribution in [3.8, 4) is 18.1 Å². The fraction of sp³-hybridized carbons (Fsp3) is 0.389. The number of benzene rings is 1. The molecule has 1 fully saturated rings. The predicted molar refractivity (Wildman–Crippen MR) is 99.1 cm³/mol. The van der Waals surface area contributed by atoms with E-state index in [4.69, 9.17) is 11.2 Å². The third kappa shape index (κ3) is 3.64. The van der Waals surface area contributed by atoms with Crippen molar-refractivity contribution < 1.29 is 14.6 Å². The van der Waals surface area contributed by atoms with E-state index >= 15 is 0 Å². The maximum absolute atomic E-state index is 12.1. The van der Waals surface area contributed by atoms with Crippen LogP contribution >= 0.6 is 11.3 Å². The Bertz CT molecular complexity index is 815. The van der Waals surface area contributed by atoms with Crippen molar-refractivity contribution in [1.82, 2.24) is 15.1 Å². The van der Waals surface area contributed by atoms with Crippen molar-refractivity contribution >= 4 is 22.5 Å². The number of aryl methyl sites for hydroxylation is 1. The van der Waals surface area contributed by atoms with Gasteiger partial charge in [-0.25, -0.2) is 9.69 Å². The predicted octanol–water partition coefficient (Wildman–Crippen LogP) is 2.43. The SMILES string of the molecule is C#CCC(Oc1ccc(CC)cc1)c1nnc(N2C(=O)N(C)CC2O)s1. The molecular formula is C18H20N4O3S. The number of aliphatic hydroxyl groups is 1. The number of ether oxygens (including phenoxy) is 1. The number of carbonyl (C=O) groups is 1. The minimum Gasteiger partial charge on any atom is -0.482 e. The van der Waals surface area contributed by atoms with Gasteiger partial charge in [-0.1, -0.05) is 30.4 Å². The Balaban J connectivity index is 1.79. The first-order chi connectivity index (χ1) is 12.5. The van der Waals surface area contributed by atoms with E-state index in [0.29, 0.717) is 22.3 Å². The Morgan fingerprint density at radius 3 is 2.73 bits per heavy atom. The minimum absolute atomic E-state index is 0.224. The Hall–Kier alpha value is -2.63. The van der Waals surface area contributed by atoms with E-state index in [1.165, 1.54) is 26.7 Å². The summed E-state index contributed by atoms with van der Waals surface area (Å²) in [6, 6.07) is 7.48. The van der Waals surface area contributed by atoms with Crippen molar-refractivity contribution in [2.75, 3.05) is 18.5 Å². The van der Waals surface area contributed by atoms with E-state index in [1.54, 1.807) is 7.05 Å². The highest BCUT2D eigenvalue weighted by atomic mass is 32.1. The number of nitrogens with zero attached hydrogens (tertiary/aromatic N) is 4. The molecule has 0 bridgehead atoms. The second-order valence-corrected chi connectivity index (χ2v) is 6.94. The Kier molecular flexibility index (Phi) is 5.40. The molecule has 1 N–H and O–H groups in total. The summed E-state index contributed by atoms with van der Waals surface area (Å²) < 4.78 is 5.98. The summed E-state index contributed by atoms with van der Waals surface area (Å²) in [6.45, 7) is 2.31. The molecule has 0 aliphatic carbocycles. The highest BCUT2D eigenvalue weighted by Gasteiger charge is 2.37. The molecular weight excluding hydrogens is 352 g/mol. The Labute approximate surface area is 156 Å². The van der Waals surface area contributed by atoms with Crippen LogP contribution in [0.15, 0.2) is 24.3 Å². The van der Waals surface area contributed by atoms with Gasteiger partial charge >= 0.3 is 6.03 Å². The van der Waals surface area contributed by atoms with Crippen molar-refractivity contribution in [3.63, 3.8) is 0 Å². The molecule has 1 saturated heterocycles. The van der Waals surface area contributed by atoms with Gasteiger partial charge in [-0.15, -0.1) is 22.5 Å². The molecule has 1 aromatic carbocycles. The molecule has 1 aromatic heterocycles. The van der Waals surface area contributed by atoms with Crippen LogP contribution in [0.5, 0.6) is 5.75 Å². The van der Waals surface area contributed by atoms with Gasteiger partial charge in [-0.2, -0.15) is 0 Å². The summed E-state index contributed by atoms with van der Waals surface area (Å²) in [5.41, 5.74) is 1.22. The molecule has 0 saturated carbocycles. The van der Waals surface area contributed by atoms with Crippen molar-refractivity contribution in [2.45, 2.75) is 32.1 Å². The highest BCUT2D eigenvalue weighted by Crippen LogP contribution is 2.32. The van der Waals surface area contributed by atoms with Crippen LogP contribution < -0.4 is 9.64 Å². The standard InChI is InChI=1S/C18H20N4O3S/c1-4-6-14(25-13-9-7-12(5-2)8-10-13)16-19-20-17(26-16)22-15(23)11-21(3)18(22)24/h1,7-10,14-15,23H,5-6,11H2,2-3H3. The third-order valence-electron chi connectivity index (χ3n) is 4.09. The molecule has 2 unspecified atom stereocenters. The average molecular weight is 372 g/mol. The number of terminal acetylenes is 1. The van der Waals surface area contributed by atoms with Crippen LogP contribution in [0, 0.1) is 12.3 Å². The summed E-state index contributed by atoms with van der Waals surface area (Å²) in [5, 5.41) is 19.1. The molecule has 7 nitrogen and oxygen atoms in total. The van der Waals surface area contributed by atoms with Crippen molar-refractivity contribution in [1.29, 1.82) is 0 Å². The number of rotatable bonds is 6.